The van der Waals surface area contributed by atoms with Crippen molar-refractivity contribution >= 4 is 11.7 Å². The summed E-state index contributed by atoms with van der Waals surface area (Å²) in [6.45, 7) is 5.70. The Balaban J connectivity index is 2.71. The van der Waals surface area contributed by atoms with E-state index in [0.717, 1.165) is 19.4 Å². The van der Waals surface area contributed by atoms with E-state index in [2.05, 4.69) is 22.4 Å². The molecule has 0 bridgehead atoms. The summed E-state index contributed by atoms with van der Waals surface area (Å²) in [5.41, 5.74) is 0.311. The van der Waals surface area contributed by atoms with Crippen molar-refractivity contribution in [3.63, 3.8) is 0 Å². The van der Waals surface area contributed by atoms with Gasteiger partial charge in [0, 0.05) is 19.6 Å². The van der Waals surface area contributed by atoms with Crippen LogP contribution in [0.25, 0.3) is 0 Å². The van der Waals surface area contributed by atoms with Crippen molar-refractivity contribution in [1.82, 2.24) is 15.1 Å². The van der Waals surface area contributed by atoms with Crippen LogP contribution in [0.3, 0.4) is 0 Å². The van der Waals surface area contributed by atoms with Crippen LogP contribution < -0.4 is 5.32 Å². The van der Waals surface area contributed by atoms with Gasteiger partial charge in [-0.25, -0.2) is 0 Å². The summed E-state index contributed by atoms with van der Waals surface area (Å²) in [5, 5.41) is 19.9. The average Bonchev–Trinajstić information content (AvgIpc) is 2.44. The maximum Gasteiger partial charge on any atom is 0.274 e. The van der Waals surface area contributed by atoms with Crippen LogP contribution in [0.4, 0.5) is 5.82 Å². The molecule has 0 atom stereocenters. The summed E-state index contributed by atoms with van der Waals surface area (Å²) in [6.07, 6.45) is 1.91. The predicted octanol–water partition coefficient (Wildman–Crippen LogP) is 1.14. The van der Waals surface area contributed by atoms with Crippen LogP contribution in [0, 0.1) is 0 Å². The molecule has 1 aromatic rings. The smallest absolute Gasteiger partial charge is 0.274 e. The van der Waals surface area contributed by atoms with E-state index in [1.807, 2.05) is 6.92 Å². The lowest BCUT2D eigenvalue weighted by Crippen LogP contribution is -2.35. The van der Waals surface area contributed by atoms with Crippen molar-refractivity contribution in [3.05, 3.63) is 17.8 Å². The van der Waals surface area contributed by atoms with Crippen molar-refractivity contribution in [2.24, 2.45) is 0 Å². The topological polar surface area (TPSA) is 78.4 Å². The molecule has 0 radical (unpaired) electrons. The van der Waals surface area contributed by atoms with Crippen molar-refractivity contribution in [2.45, 2.75) is 26.7 Å². The second kappa shape index (κ2) is 8.42. The van der Waals surface area contributed by atoms with Gasteiger partial charge in [-0.1, -0.05) is 13.3 Å². The van der Waals surface area contributed by atoms with Gasteiger partial charge < -0.3 is 15.3 Å². The summed E-state index contributed by atoms with van der Waals surface area (Å²) in [5.74, 6) is 0.472. The first-order chi connectivity index (χ1) is 9.22. The number of carbonyl (C=O) groups is 1. The largest absolute Gasteiger partial charge is 0.395 e. The van der Waals surface area contributed by atoms with Gasteiger partial charge in [-0.05, 0) is 25.5 Å². The molecule has 2 N–H and O–H groups in total. The number of aliphatic hydroxyl groups excluding tert-OH is 1. The van der Waals surface area contributed by atoms with Crippen LogP contribution in [0.1, 0.15) is 37.2 Å². The average molecular weight is 266 g/mol. The van der Waals surface area contributed by atoms with Gasteiger partial charge >= 0.3 is 0 Å². The number of rotatable bonds is 8. The molecule has 0 aliphatic rings. The van der Waals surface area contributed by atoms with Gasteiger partial charge in [-0.15, -0.1) is 10.2 Å². The number of unbranched alkanes of at least 4 members (excludes halogenated alkanes) is 1. The van der Waals surface area contributed by atoms with E-state index in [1.165, 1.54) is 0 Å². The minimum Gasteiger partial charge on any atom is -0.395 e. The third-order valence-electron chi connectivity index (χ3n) is 2.68. The Kier molecular flexibility index (Phi) is 6.81. The van der Waals surface area contributed by atoms with Gasteiger partial charge in [0.1, 0.15) is 5.82 Å². The number of hydrogen-bond donors (Lipinski definition) is 2. The molecule has 19 heavy (non-hydrogen) atoms. The molecule has 6 heteroatoms. The number of aliphatic hydroxyl groups is 1. The molecule has 0 aromatic carbocycles. The van der Waals surface area contributed by atoms with Gasteiger partial charge in [0.15, 0.2) is 5.69 Å². The standard InChI is InChI=1S/C13H22N4O2/c1-3-5-8-17(9-10-18)13(19)11-6-7-12(14-4-2)16-15-11/h6-7,18H,3-5,8-10H2,1-2H3,(H,14,16). The fourth-order valence-corrected chi connectivity index (χ4v) is 1.67. The number of nitrogens with one attached hydrogen (secondary N) is 1. The molecule has 0 aliphatic heterocycles. The molecule has 0 unspecified atom stereocenters. The summed E-state index contributed by atoms with van der Waals surface area (Å²) in [6, 6.07) is 3.39. The Morgan fingerprint density at radius 3 is 2.63 bits per heavy atom. The Hall–Kier alpha value is -1.69. The van der Waals surface area contributed by atoms with Crippen LogP contribution in [0.5, 0.6) is 0 Å². The Labute approximate surface area is 113 Å². The molecular weight excluding hydrogens is 244 g/mol. The molecule has 0 aliphatic carbocycles. The summed E-state index contributed by atoms with van der Waals surface area (Å²) in [7, 11) is 0. The summed E-state index contributed by atoms with van der Waals surface area (Å²) < 4.78 is 0. The fraction of sp³-hybridized carbons (Fsp3) is 0.615. The Bertz CT molecular complexity index is 381. The van der Waals surface area contributed by atoms with Gasteiger partial charge in [0.2, 0.25) is 0 Å². The fourth-order valence-electron chi connectivity index (χ4n) is 1.67. The number of carbonyl (C=O) groups excluding carboxylic acids is 1. The highest BCUT2D eigenvalue weighted by molar-refractivity contribution is 5.92. The lowest BCUT2D eigenvalue weighted by atomic mass is 10.2. The zero-order valence-electron chi connectivity index (χ0n) is 11.6. The third kappa shape index (κ3) is 4.82. The van der Waals surface area contributed by atoms with Crippen molar-refractivity contribution in [3.8, 4) is 0 Å². The predicted molar refractivity (Wildman–Crippen MR) is 74.1 cm³/mol. The second-order valence-corrected chi connectivity index (χ2v) is 4.20. The third-order valence-corrected chi connectivity index (χ3v) is 2.68. The Morgan fingerprint density at radius 1 is 1.32 bits per heavy atom. The molecule has 6 nitrogen and oxygen atoms in total. The monoisotopic (exact) mass is 266 g/mol. The molecule has 0 fully saturated rings. The quantitative estimate of drug-likeness (QED) is 0.738. The number of amides is 1. The molecule has 0 spiro atoms. The van der Waals surface area contributed by atoms with Crippen LogP contribution in [0.15, 0.2) is 12.1 Å². The second-order valence-electron chi connectivity index (χ2n) is 4.20. The van der Waals surface area contributed by atoms with Crippen molar-refractivity contribution in [2.75, 3.05) is 31.6 Å². The van der Waals surface area contributed by atoms with Gasteiger partial charge in [0.25, 0.3) is 5.91 Å². The van der Waals surface area contributed by atoms with E-state index in [4.69, 9.17) is 5.11 Å². The first-order valence-electron chi connectivity index (χ1n) is 6.70. The zero-order chi connectivity index (χ0) is 14.1. The summed E-state index contributed by atoms with van der Waals surface area (Å²) in [4.78, 5) is 13.8. The highest BCUT2D eigenvalue weighted by Gasteiger charge is 2.16. The van der Waals surface area contributed by atoms with Gasteiger partial charge in [0.05, 0.1) is 6.61 Å². The number of hydrogen-bond acceptors (Lipinski definition) is 5. The summed E-state index contributed by atoms with van der Waals surface area (Å²) >= 11 is 0. The zero-order valence-corrected chi connectivity index (χ0v) is 11.6. The molecule has 106 valence electrons. The van der Waals surface area contributed by atoms with E-state index in [9.17, 15) is 4.79 Å². The highest BCUT2D eigenvalue weighted by Crippen LogP contribution is 2.06. The number of anilines is 1. The molecule has 1 heterocycles. The number of nitrogens with zero attached hydrogens (tertiary/aromatic N) is 3. The van der Waals surface area contributed by atoms with Crippen molar-refractivity contribution in [1.29, 1.82) is 0 Å². The molecule has 1 amide bonds. The van der Waals surface area contributed by atoms with E-state index >= 15 is 0 Å². The van der Waals surface area contributed by atoms with Crippen LogP contribution >= 0.6 is 0 Å². The SMILES string of the molecule is CCCCN(CCO)C(=O)c1ccc(NCC)nn1. The van der Waals surface area contributed by atoms with E-state index < -0.39 is 0 Å². The molecule has 1 rings (SSSR count). The maximum atomic E-state index is 12.2. The molecule has 0 saturated heterocycles. The first kappa shape index (κ1) is 15.4. The molecule has 1 aromatic heterocycles. The highest BCUT2D eigenvalue weighted by atomic mass is 16.3. The molecular formula is C13H22N4O2. The van der Waals surface area contributed by atoms with E-state index in [-0.39, 0.29) is 12.5 Å². The lowest BCUT2D eigenvalue weighted by Gasteiger charge is -2.20. The Morgan fingerprint density at radius 2 is 2.11 bits per heavy atom. The minimum atomic E-state index is -0.182. The van der Waals surface area contributed by atoms with Gasteiger partial charge in [-0.3, -0.25) is 4.79 Å². The normalized spacial score (nSPS) is 10.3. The molecule has 0 saturated carbocycles. The van der Waals surface area contributed by atoms with Crippen LogP contribution in [-0.4, -0.2) is 52.4 Å². The van der Waals surface area contributed by atoms with Gasteiger partial charge in [-0.2, -0.15) is 0 Å². The van der Waals surface area contributed by atoms with Crippen molar-refractivity contribution < 1.29 is 9.90 Å². The maximum absolute atomic E-state index is 12.2. The number of aromatic nitrogens is 2. The minimum absolute atomic E-state index is 0.0433. The van der Waals surface area contributed by atoms with Crippen LogP contribution in [-0.2, 0) is 0 Å². The van der Waals surface area contributed by atoms with E-state index in [0.29, 0.717) is 24.6 Å². The van der Waals surface area contributed by atoms with E-state index in [1.54, 1.807) is 17.0 Å². The first-order valence-corrected chi connectivity index (χ1v) is 6.70. The lowest BCUT2D eigenvalue weighted by molar-refractivity contribution is 0.0712. The van der Waals surface area contributed by atoms with Crippen LogP contribution in [0.2, 0.25) is 0 Å².